The van der Waals surface area contributed by atoms with Gasteiger partial charge in [0.25, 0.3) is 11.5 Å². The highest BCUT2D eigenvalue weighted by Gasteiger charge is 2.37. The molecule has 40 heavy (non-hydrogen) atoms. The van der Waals surface area contributed by atoms with Gasteiger partial charge >= 0.3 is 12.4 Å². The minimum atomic E-state index is -5.04. The van der Waals surface area contributed by atoms with Gasteiger partial charge < -0.3 is 14.6 Å². The van der Waals surface area contributed by atoms with Gasteiger partial charge in [0.15, 0.2) is 0 Å². The van der Waals surface area contributed by atoms with Gasteiger partial charge in [0.1, 0.15) is 11.3 Å². The highest BCUT2D eigenvalue weighted by Crippen LogP contribution is 2.41. The number of rotatable bonds is 5. The maximum Gasteiger partial charge on any atom is 0.416 e. The maximum absolute atomic E-state index is 13.8. The van der Waals surface area contributed by atoms with Gasteiger partial charge in [-0.1, -0.05) is 30.3 Å². The number of carbonyl (C=O) groups is 1. The largest absolute Gasteiger partial charge is 0.496 e. The van der Waals surface area contributed by atoms with Gasteiger partial charge in [-0.15, -0.1) is 11.8 Å². The Labute approximate surface area is 227 Å². The van der Waals surface area contributed by atoms with E-state index >= 15 is 0 Å². The Morgan fingerprint density at radius 2 is 1.65 bits per heavy atom. The molecule has 0 unspecified atom stereocenters. The van der Waals surface area contributed by atoms with Crippen LogP contribution in [0.2, 0.25) is 0 Å². The molecule has 1 amide bonds. The first-order valence-electron chi connectivity index (χ1n) is 11.9. The number of methoxy groups -OCH3 is 1. The molecule has 1 aromatic heterocycles. The van der Waals surface area contributed by atoms with Crippen LogP contribution in [0.25, 0.3) is 22.0 Å². The zero-order valence-electron chi connectivity index (χ0n) is 20.7. The number of alkyl halides is 6. The molecule has 0 fully saturated rings. The Bertz CT molecular complexity index is 1660. The second-order valence-electron chi connectivity index (χ2n) is 9.00. The van der Waals surface area contributed by atoms with Crippen molar-refractivity contribution in [2.45, 2.75) is 30.3 Å². The third kappa shape index (κ3) is 5.03. The van der Waals surface area contributed by atoms with Crippen molar-refractivity contribution in [3.8, 4) is 16.9 Å². The summed E-state index contributed by atoms with van der Waals surface area (Å²) >= 11 is 1.56. The van der Waals surface area contributed by atoms with Crippen molar-refractivity contribution in [2.24, 2.45) is 0 Å². The normalized spacial score (nSPS) is 13.4. The monoisotopic (exact) mass is 578 g/mol. The standard InChI is InChI=1S/C28H20F6N2O3S/c1-39-20-7-3-2-5-18(20)22-19-6-4-8-21-24(19)36(9-10-40-21)26(38)23(22)25(37)35-14-15-11-16(27(29,30)31)13-17(12-15)28(32,33)34/h2-8,11-13H,9-10,14H2,1H3,(H,35,37). The Morgan fingerprint density at radius 3 is 2.30 bits per heavy atom. The molecule has 4 aromatic rings. The van der Waals surface area contributed by atoms with E-state index in [0.29, 0.717) is 46.6 Å². The zero-order chi connectivity index (χ0) is 28.8. The highest BCUT2D eigenvalue weighted by molar-refractivity contribution is 7.99. The molecule has 0 bridgehead atoms. The number of aryl methyl sites for hydroxylation is 1. The van der Waals surface area contributed by atoms with E-state index in [1.807, 2.05) is 6.07 Å². The zero-order valence-corrected chi connectivity index (χ0v) is 21.6. The van der Waals surface area contributed by atoms with Gasteiger partial charge in [-0.2, -0.15) is 26.3 Å². The number of halogens is 6. The number of carbonyl (C=O) groups excluding carboxylic acids is 1. The first-order chi connectivity index (χ1) is 18.9. The number of para-hydroxylation sites is 2. The fourth-order valence-corrected chi connectivity index (χ4v) is 5.82. The molecule has 0 saturated heterocycles. The summed E-state index contributed by atoms with van der Waals surface area (Å²) < 4.78 is 86.9. The van der Waals surface area contributed by atoms with Crippen molar-refractivity contribution in [1.29, 1.82) is 0 Å². The molecule has 0 radical (unpaired) electrons. The van der Waals surface area contributed by atoms with Crippen LogP contribution in [0.1, 0.15) is 27.0 Å². The lowest BCUT2D eigenvalue weighted by molar-refractivity contribution is -0.143. The van der Waals surface area contributed by atoms with E-state index in [0.717, 1.165) is 4.90 Å². The van der Waals surface area contributed by atoms with Crippen LogP contribution in [0.5, 0.6) is 5.75 Å². The molecule has 3 aromatic carbocycles. The van der Waals surface area contributed by atoms with Gasteiger partial charge in [0, 0.05) is 40.3 Å². The lowest BCUT2D eigenvalue weighted by Crippen LogP contribution is -2.35. The minimum Gasteiger partial charge on any atom is -0.496 e. The number of hydrogen-bond donors (Lipinski definition) is 1. The molecule has 0 aliphatic carbocycles. The van der Waals surface area contributed by atoms with Gasteiger partial charge in [0.05, 0.1) is 23.8 Å². The Kier molecular flexibility index (Phi) is 7.07. The fourth-order valence-electron chi connectivity index (χ4n) is 4.79. The van der Waals surface area contributed by atoms with E-state index in [1.54, 1.807) is 48.2 Å². The third-order valence-corrected chi connectivity index (χ3v) is 7.55. The van der Waals surface area contributed by atoms with Crippen LogP contribution in [0, 0.1) is 0 Å². The van der Waals surface area contributed by atoms with Crippen LogP contribution >= 0.6 is 11.8 Å². The Morgan fingerprint density at radius 1 is 0.975 bits per heavy atom. The second-order valence-corrected chi connectivity index (χ2v) is 10.1. The van der Waals surface area contributed by atoms with Crippen LogP contribution in [-0.2, 0) is 25.4 Å². The fraction of sp³-hybridized carbons (Fsp3) is 0.214. The minimum absolute atomic E-state index is 0.0151. The van der Waals surface area contributed by atoms with Crippen LogP contribution in [-0.4, -0.2) is 23.3 Å². The molecule has 208 valence electrons. The molecule has 5 nitrogen and oxygen atoms in total. The summed E-state index contributed by atoms with van der Waals surface area (Å²) in [6.45, 7) is -0.364. The number of benzene rings is 3. The molecule has 12 heteroatoms. The van der Waals surface area contributed by atoms with Crippen LogP contribution in [0.4, 0.5) is 26.3 Å². The van der Waals surface area contributed by atoms with Crippen LogP contribution in [0.3, 0.4) is 0 Å². The topological polar surface area (TPSA) is 60.3 Å². The van der Waals surface area contributed by atoms with E-state index in [2.05, 4.69) is 5.32 Å². The average molecular weight is 579 g/mol. The molecular weight excluding hydrogens is 558 g/mol. The summed E-state index contributed by atoms with van der Waals surface area (Å²) in [5.74, 6) is 0.00917. The van der Waals surface area contributed by atoms with E-state index in [1.165, 1.54) is 11.7 Å². The van der Waals surface area contributed by atoms with E-state index < -0.39 is 47.1 Å². The summed E-state index contributed by atoms with van der Waals surface area (Å²) in [5.41, 5.74) is -3.00. The first-order valence-corrected chi connectivity index (χ1v) is 12.9. The van der Waals surface area contributed by atoms with Crippen LogP contribution in [0.15, 0.2) is 70.4 Å². The molecule has 1 aliphatic heterocycles. The van der Waals surface area contributed by atoms with Gasteiger partial charge in [-0.05, 0) is 35.9 Å². The number of thioether (sulfide) groups is 1. The summed E-state index contributed by atoms with van der Waals surface area (Å²) in [6, 6.07) is 13.2. The number of amides is 1. The Hall–Kier alpha value is -3.93. The second kappa shape index (κ2) is 10.2. The van der Waals surface area contributed by atoms with Crippen molar-refractivity contribution >= 4 is 28.6 Å². The Balaban J connectivity index is 1.65. The lowest BCUT2D eigenvalue weighted by atomic mass is 9.94. The van der Waals surface area contributed by atoms with E-state index in [4.69, 9.17) is 4.74 Å². The van der Waals surface area contributed by atoms with Crippen molar-refractivity contribution in [2.75, 3.05) is 12.9 Å². The van der Waals surface area contributed by atoms with Crippen molar-refractivity contribution in [3.05, 3.63) is 93.3 Å². The molecule has 2 heterocycles. The lowest BCUT2D eigenvalue weighted by Gasteiger charge is -2.23. The first kappa shape index (κ1) is 27.6. The predicted octanol–water partition coefficient (Wildman–Crippen LogP) is 6.75. The van der Waals surface area contributed by atoms with Crippen molar-refractivity contribution < 1.29 is 35.9 Å². The molecule has 0 spiro atoms. The molecule has 0 saturated carbocycles. The summed E-state index contributed by atoms with van der Waals surface area (Å²) in [4.78, 5) is 28.2. The summed E-state index contributed by atoms with van der Waals surface area (Å²) in [6.07, 6.45) is -10.1. The molecule has 5 rings (SSSR count). The highest BCUT2D eigenvalue weighted by atomic mass is 32.2. The number of aromatic nitrogens is 1. The van der Waals surface area contributed by atoms with Crippen LogP contribution < -0.4 is 15.6 Å². The summed E-state index contributed by atoms with van der Waals surface area (Å²) in [5, 5.41) is 2.96. The van der Waals surface area contributed by atoms with E-state index in [-0.39, 0.29) is 17.2 Å². The molecule has 1 aliphatic rings. The number of nitrogens with zero attached hydrogens (tertiary/aromatic N) is 1. The quantitative estimate of drug-likeness (QED) is 0.266. The third-order valence-electron chi connectivity index (χ3n) is 6.52. The number of pyridine rings is 1. The van der Waals surface area contributed by atoms with Crippen molar-refractivity contribution in [1.82, 2.24) is 9.88 Å². The molecular formula is C28H20F6N2O3S. The van der Waals surface area contributed by atoms with Gasteiger partial charge in [0.2, 0.25) is 0 Å². The molecule has 1 N–H and O–H groups in total. The predicted molar refractivity (Wildman–Crippen MR) is 139 cm³/mol. The SMILES string of the molecule is COc1ccccc1-c1c(C(=O)NCc2cc(C(F)(F)F)cc(C(F)(F)F)c2)c(=O)n2c3c(cccc13)SCC2. The number of nitrogens with one attached hydrogen (secondary N) is 1. The van der Waals surface area contributed by atoms with E-state index in [9.17, 15) is 35.9 Å². The average Bonchev–Trinajstić information content (AvgIpc) is 2.92. The van der Waals surface area contributed by atoms with Crippen molar-refractivity contribution in [3.63, 3.8) is 0 Å². The molecule has 0 atom stereocenters. The summed E-state index contributed by atoms with van der Waals surface area (Å²) in [7, 11) is 1.43. The number of ether oxygens (including phenoxy) is 1. The number of hydrogen-bond acceptors (Lipinski definition) is 4. The smallest absolute Gasteiger partial charge is 0.416 e. The van der Waals surface area contributed by atoms with Gasteiger partial charge in [-0.25, -0.2) is 0 Å². The maximum atomic E-state index is 13.8. The van der Waals surface area contributed by atoms with Gasteiger partial charge in [-0.3, -0.25) is 9.59 Å².